The fourth-order valence-electron chi connectivity index (χ4n) is 2.92. The molecule has 3 rings (SSSR count). The number of carbonyl (C=O) groups excluding carboxylic acids is 2. The van der Waals surface area contributed by atoms with E-state index < -0.39 is 5.41 Å². The normalized spacial score (nSPS) is 11.2. The number of benzene rings is 2. The zero-order chi connectivity index (χ0) is 21.2. The van der Waals surface area contributed by atoms with Gasteiger partial charge in [0.25, 0.3) is 5.91 Å². The van der Waals surface area contributed by atoms with Crippen LogP contribution in [-0.4, -0.2) is 21.6 Å². The van der Waals surface area contributed by atoms with Gasteiger partial charge >= 0.3 is 0 Å². The summed E-state index contributed by atoms with van der Waals surface area (Å²) in [5.41, 5.74) is 3.46. The molecule has 6 nitrogen and oxygen atoms in total. The van der Waals surface area contributed by atoms with E-state index in [0.29, 0.717) is 16.9 Å². The fraction of sp³-hybridized carbons (Fsp3) is 0.261. The minimum absolute atomic E-state index is 0.151. The van der Waals surface area contributed by atoms with Crippen LogP contribution in [0.1, 0.15) is 42.5 Å². The first-order valence-electron chi connectivity index (χ1n) is 9.52. The van der Waals surface area contributed by atoms with E-state index in [1.165, 1.54) is 0 Å². The van der Waals surface area contributed by atoms with Crippen LogP contribution in [0.25, 0.3) is 5.69 Å². The Morgan fingerprint density at radius 1 is 0.897 bits per heavy atom. The summed E-state index contributed by atoms with van der Waals surface area (Å²) < 4.78 is 1.80. The lowest BCUT2D eigenvalue weighted by Crippen LogP contribution is -2.28. The Kier molecular flexibility index (Phi) is 5.55. The van der Waals surface area contributed by atoms with Crippen LogP contribution in [0.3, 0.4) is 0 Å². The average Bonchev–Trinajstić information content (AvgIpc) is 2.96. The highest BCUT2D eigenvalue weighted by Gasteiger charge is 2.24. The molecule has 0 spiro atoms. The van der Waals surface area contributed by atoms with E-state index >= 15 is 0 Å². The summed E-state index contributed by atoms with van der Waals surface area (Å²) in [5.74, 6) is -0.448. The summed E-state index contributed by atoms with van der Waals surface area (Å²) in [7, 11) is 0. The molecule has 0 saturated carbocycles. The van der Waals surface area contributed by atoms with Gasteiger partial charge in [-0.05, 0) is 38.1 Å². The molecule has 2 aromatic carbocycles. The Labute approximate surface area is 170 Å². The number of rotatable bonds is 4. The first kappa shape index (κ1) is 20.3. The van der Waals surface area contributed by atoms with Crippen molar-refractivity contribution < 1.29 is 9.59 Å². The molecule has 0 saturated heterocycles. The number of hydrogen-bond acceptors (Lipinski definition) is 3. The standard InChI is InChI=1S/C23H26N4O2/c1-15-20(16(2)27(26-15)17-11-7-6-8-12-17)25-21(28)18-13-9-10-14-19(18)24-22(29)23(3,4)5/h6-14H,1-5H3,(H,24,29)(H,25,28). The van der Waals surface area contributed by atoms with E-state index in [0.717, 1.165) is 17.1 Å². The lowest BCUT2D eigenvalue weighted by atomic mass is 9.95. The molecule has 6 heteroatoms. The van der Waals surface area contributed by atoms with Crippen LogP contribution in [0, 0.1) is 19.3 Å². The van der Waals surface area contributed by atoms with E-state index in [-0.39, 0.29) is 11.8 Å². The number of nitrogens with zero attached hydrogens (tertiary/aromatic N) is 2. The maximum atomic E-state index is 13.0. The van der Waals surface area contributed by atoms with Gasteiger partial charge < -0.3 is 10.6 Å². The molecule has 0 unspecified atom stereocenters. The molecule has 29 heavy (non-hydrogen) atoms. The molecule has 0 radical (unpaired) electrons. The molecular weight excluding hydrogens is 364 g/mol. The molecule has 1 aromatic heterocycles. The highest BCUT2D eigenvalue weighted by molar-refractivity contribution is 6.10. The van der Waals surface area contributed by atoms with Crippen LogP contribution in [0.5, 0.6) is 0 Å². The SMILES string of the molecule is Cc1nn(-c2ccccc2)c(C)c1NC(=O)c1ccccc1NC(=O)C(C)(C)C. The number of anilines is 2. The number of amides is 2. The molecule has 0 fully saturated rings. The second kappa shape index (κ2) is 7.91. The molecule has 0 aliphatic carbocycles. The van der Waals surface area contributed by atoms with E-state index in [2.05, 4.69) is 15.7 Å². The van der Waals surface area contributed by atoms with E-state index in [1.54, 1.807) is 28.9 Å². The lowest BCUT2D eigenvalue weighted by molar-refractivity contribution is -0.123. The van der Waals surface area contributed by atoms with E-state index in [9.17, 15) is 9.59 Å². The second-order valence-corrected chi connectivity index (χ2v) is 8.00. The summed E-state index contributed by atoms with van der Waals surface area (Å²) in [5, 5.41) is 10.4. The van der Waals surface area contributed by atoms with Crippen LogP contribution >= 0.6 is 0 Å². The summed E-state index contributed by atoms with van der Waals surface area (Å²) in [4.78, 5) is 25.4. The molecule has 3 aromatic rings. The Balaban J connectivity index is 1.89. The zero-order valence-electron chi connectivity index (χ0n) is 17.4. The summed E-state index contributed by atoms with van der Waals surface area (Å²) in [6, 6.07) is 16.7. The smallest absolute Gasteiger partial charge is 0.257 e. The number of aromatic nitrogens is 2. The Morgan fingerprint density at radius 2 is 1.52 bits per heavy atom. The number of carbonyl (C=O) groups is 2. The molecular formula is C23H26N4O2. The third-order valence-corrected chi connectivity index (χ3v) is 4.63. The first-order valence-corrected chi connectivity index (χ1v) is 9.52. The first-order chi connectivity index (χ1) is 13.7. The third-order valence-electron chi connectivity index (χ3n) is 4.63. The largest absolute Gasteiger partial charge is 0.325 e. The van der Waals surface area contributed by atoms with Crippen molar-refractivity contribution in [3.05, 3.63) is 71.5 Å². The van der Waals surface area contributed by atoms with Crippen molar-refractivity contribution in [2.75, 3.05) is 10.6 Å². The van der Waals surface area contributed by atoms with Gasteiger partial charge in [-0.25, -0.2) is 4.68 Å². The fourth-order valence-corrected chi connectivity index (χ4v) is 2.92. The predicted molar refractivity (Wildman–Crippen MR) is 116 cm³/mol. The monoisotopic (exact) mass is 390 g/mol. The van der Waals surface area contributed by atoms with Crippen molar-refractivity contribution in [3.8, 4) is 5.69 Å². The Bertz CT molecular complexity index is 1050. The van der Waals surface area contributed by atoms with Crippen LogP contribution in [-0.2, 0) is 4.79 Å². The van der Waals surface area contributed by atoms with Crippen LogP contribution in [0.4, 0.5) is 11.4 Å². The van der Waals surface area contributed by atoms with E-state index in [1.807, 2.05) is 65.0 Å². The van der Waals surface area contributed by atoms with Gasteiger partial charge in [-0.2, -0.15) is 5.10 Å². The van der Waals surface area contributed by atoms with Crippen molar-refractivity contribution >= 4 is 23.2 Å². The van der Waals surface area contributed by atoms with Gasteiger partial charge in [0.2, 0.25) is 5.91 Å². The van der Waals surface area contributed by atoms with Gasteiger partial charge in [-0.1, -0.05) is 51.1 Å². The highest BCUT2D eigenvalue weighted by Crippen LogP contribution is 2.25. The molecule has 0 bridgehead atoms. The maximum absolute atomic E-state index is 13.0. The summed E-state index contributed by atoms with van der Waals surface area (Å²) in [6.07, 6.45) is 0. The van der Waals surface area contributed by atoms with Gasteiger partial charge in [-0.15, -0.1) is 0 Å². The van der Waals surface area contributed by atoms with Gasteiger partial charge in [0.1, 0.15) is 0 Å². The second-order valence-electron chi connectivity index (χ2n) is 8.00. The van der Waals surface area contributed by atoms with Gasteiger partial charge in [0.05, 0.1) is 34.0 Å². The van der Waals surface area contributed by atoms with Crippen molar-refractivity contribution in [3.63, 3.8) is 0 Å². The summed E-state index contributed by atoms with van der Waals surface area (Å²) >= 11 is 0. The van der Waals surface area contributed by atoms with E-state index in [4.69, 9.17) is 0 Å². The van der Waals surface area contributed by atoms with Crippen LogP contribution in [0.2, 0.25) is 0 Å². The minimum atomic E-state index is -0.562. The van der Waals surface area contributed by atoms with Crippen molar-refractivity contribution in [2.24, 2.45) is 5.41 Å². The average molecular weight is 390 g/mol. The molecule has 0 aliphatic rings. The third kappa shape index (κ3) is 4.37. The van der Waals surface area contributed by atoms with Crippen LogP contribution in [0.15, 0.2) is 54.6 Å². The number of hydrogen-bond donors (Lipinski definition) is 2. The number of aryl methyl sites for hydroxylation is 1. The quantitative estimate of drug-likeness (QED) is 0.676. The van der Waals surface area contributed by atoms with Gasteiger partial charge in [-0.3, -0.25) is 9.59 Å². The molecule has 1 heterocycles. The Morgan fingerprint density at radius 3 is 2.17 bits per heavy atom. The topological polar surface area (TPSA) is 76.0 Å². The van der Waals surface area contributed by atoms with Crippen molar-refractivity contribution in [1.29, 1.82) is 0 Å². The Hall–Kier alpha value is -3.41. The van der Waals surface area contributed by atoms with Gasteiger partial charge in [0.15, 0.2) is 0 Å². The summed E-state index contributed by atoms with van der Waals surface area (Å²) in [6.45, 7) is 9.26. The zero-order valence-corrected chi connectivity index (χ0v) is 17.4. The number of nitrogens with one attached hydrogen (secondary N) is 2. The maximum Gasteiger partial charge on any atom is 0.257 e. The minimum Gasteiger partial charge on any atom is -0.325 e. The van der Waals surface area contributed by atoms with Gasteiger partial charge in [0, 0.05) is 5.41 Å². The number of para-hydroxylation sites is 2. The lowest BCUT2D eigenvalue weighted by Gasteiger charge is -2.19. The molecule has 0 aliphatic heterocycles. The molecule has 150 valence electrons. The van der Waals surface area contributed by atoms with Crippen molar-refractivity contribution in [1.82, 2.24) is 9.78 Å². The molecule has 0 atom stereocenters. The van der Waals surface area contributed by atoms with Crippen LogP contribution < -0.4 is 10.6 Å². The predicted octanol–water partition coefficient (Wildman–Crippen LogP) is 4.73. The van der Waals surface area contributed by atoms with Crippen molar-refractivity contribution in [2.45, 2.75) is 34.6 Å². The molecule has 2 N–H and O–H groups in total. The highest BCUT2D eigenvalue weighted by atomic mass is 16.2. The molecule has 2 amide bonds.